The molecule has 18 heavy (non-hydrogen) atoms. The van der Waals surface area contributed by atoms with E-state index in [-0.39, 0.29) is 6.61 Å². The lowest BCUT2D eigenvalue weighted by molar-refractivity contribution is -0.149. The molecule has 0 saturated carbocycles. The summed E-state index contributed by atoms with van der Waals surface area (Å²) in [6.45, 7) is 5.43. The standard InChI is InChI=1S/C13H18ClNO3/c1-5-18-12(16)13(3,15)10-7-9(14)6-8(2)11(10)17-4/h6-7H,5,15H2,1-4H3. The average molecular weight is 272 g/mol. The number of rotatable bonds is 4. The van der Waals surface area contributed by atoms with Gasteiger partial charge >= 0.3 is 5.97 Å². The lowest BCUT2D eigenvalue weighted by Crippen LogP contribution is -2.43. The number of benzene rings is 1. The summed E-state index contributed by atoms with van der Waals surface area (Å²) in [5.41, 5.74) is 6.12. The molecule has 1 rings (SSSR count). The van der Waals surface area contributed by atoms with Crippen molar-refractivity contribution in [1.29, 1.82) is 0 Å². The van der Waals surface area contributed by atoms with E-state index < -0.39 is 11.5 Å². The zero-order chi connectivity index (χ0) is 13.9. The molecule has 1 unspecified atom stereocenters. The molecule has 0 fully saturated rings. The largest absolute Gasteiger partial charge is 0.496 e. The van der Waals surface area contributed by atoms with E-state index in [1.807, 2.05) is 6.92 Å². The zero-order valence-electron chi connectivity index (χ0n) is 11.0. The number of aryl methyl sites for hydroxylation is 1. The van der Waals surface area contributed by atoms with Crippen LogP contribution in [0.15, 0.2) is 12.1 Å². The lowest BCUT2D eigenvalue weighted by Gasteiger charge is -2.25. The van der Waals surface area contributed by atoms with Gasteiger partial charge in [-0.1, -0.05) is 11.6 Å². The Morgan fingerprint density at radius 2 is 2.11 bits per heavy atom. The third-order valence-corrected chi connectivity index (χ3v) is 2.92. The Morgan fingerprint density at radius 1 is 1.50 bits per heavy atom. The summed E-state index contributed by atoms with van der Waals surface area (Å²) < 4.78 is 10.3. The summed E-state index contributed by atoms with van der Waals surface area (Å²) in [4.78, 5) is 11.9. The molecule has 0 aliphatic rings. The van der Waals surface area contributed by atoms with E-state index in [9.17, 15) is 4.79 Å². The molecule has 0 bridgehead atoms. The second-order valence-electron chi connectivity index (χ2n) is 4.23. The summed E-state index contributed by atoms with van der Waals surface area (Å²) >= 11 is 6.00. The van der Waals surface area contributed by atoms with Gasteiger partial charge in [-0.25, -0.2) is 4.79 Å². The maximum atomic E-state index is 11.9. The van der Waals surface area contributed by atoms with Crippen molar-refractivity contribution in [3.05, 3.63) is 28.3 Å². The Hall–Kier alpha value is -1.26. The highest BCUT2D eigenvalue weighted by Crippen LogP contribution is 2.34. The van der Waals surface area contributed by atoms with Gasteiger partial charge in [0, 0.05) is 10.6 Å². The molecule has 1 atom stereocenters. The fourth-order valence-electron chi connectivity index (χ4n) is 1.78. The number of halogens is 1. The highest BCUT2D eigenvalue weighted by atomic mass is 35.5. The number of nitrogens with two attached hydrogens (primary N) is 1. The molecule has 2 N–H and O–H groups in total. The van der Waals surface area contributed by atoms with Crippen molar-refractivity contribution in [1.82, 2.24) is 0 Å². The number of carbonyl (C=O) groups excluding carboxylic acids is 1. The van der Waals surface area contributed by atoms with Gasteiger partial charge in [0.25, 0.3) is 0 Å². The van der Waals surface area contributed by atoms with E-state index in [0.717, 1.165) is 5.56 Å². The first kappa shape index (κ1) is 14.8. The van der Waals surface area contributed by atoms with Crippen molar-refractivity contribution in [2.45, 2.75) is 26.3 Å². The first-order valence-electron chi connectivity index (χ1n) is 5.65. The van der Waals surface area contributed by atoms with E-state index in [2.05, 4.69) is 0 Å². The highest BCUT2D eigenvalue weighted by molar-refractivity contribution is 6.30. The van der Waals surface area contributed by atoms with Crippen LogP contribution in [-0.4, -0.2) is 19.7 Å². The fraction of sp³-hybridized carbons (Fsp3) is 0.462. The summed E-state index contributed by atoms with van der Waals surface area (Å²) in [6.07, 6.45) is 0. The number of methoxy groups -OCH3 is 1. The van der Waals surface area contributed by atoms with Gasteiger partial charge in [-0.3, -0.25) is 0 Å². The highest BCUT2D eigenvalue weighted by Gasteiger charge is 2.35. The Bertz CT molecular complexity index is 458. The van der Waals surface area contributed by atoms with Crippen molar-refractivity contribution in [3.8, 4) is 5.75 Å². The smallest absolute Gasteiger partial charge is 0.330 e. The molecule has 4 nitrogen and oxygen atoms in total. The SMILES string of the molecule is CCOC(=O)C(C)(N)c1cc(Cl)cc(C)c1OC. The van der Waals surface area contributed by atoms with Crippen LogP contribution in [0.4, 0.5) is 0 Å². The van der Waals surface area contributed by atoms with E-state index in [4.69, 9.17) is 26.8 Å². The molecule has 0 radical (unpaired) electrons. The molecular formula is C13H18ClNO3. The van der Waals surface area contributed by atoms with Crippen molar-refractivity contribution >= 4 is 17.6 Å². The van der Waals surface area contributed by atoms with Crippen molar-refractivity contribution in [3.63, 3.8) is 0 Å². The molecule has 100 valence electrons. The maximum Gasteiger partial charge on any atom is 0.330 e. The Morgan fingerprint density at radius 3 is 2.61 bits per heavy atom. The van der Waals surface area contributed by atoms with E-state index in [0.29, 0.717) is 16.3 Å². The van der Waals surface area contributed by atoms with E-state index in [1.54, 1.807) is 26.0 Å². The predicted molar refractivity (Wildman–Crippen MR) is 70.9 cm³/mol. The van der Waals surface area contributed by atoms with Gasteiger partial charge in [-0.2, -0.15) is 0 Å². The average Bonchev–Trinajstić information content (AvgIpc) is 2.28. The fourth-order valence-corrected chi connectivity index (χ4v) is 2.05. The molecule has 0 aliphatic carbocycles. The number of esters is 1. The zero-order valence-corrected chi connectivity index (χ0v) is 11.8. The molecule has 0 heterocycles. The maximum absolute atomic E-state index is 11.9. The number of hydrogen-bond acceptors (Lipinski definition) is 4. The minimum absolute atomic E-state index is 0.271. The van der Waals surface area contributed by atoms with Crippen LogP contribution in [0, 0.1) is 6.92 Å². The van der Waals surface area contributed by atoms with Gasteiger partial charge in [0.2, 0.25) is 0 Å². The van der Waals surface area contributed by atoms with Gasteiger partial charge in [-0.15, -0.1) is 0 Å². The Labute approximate surface area is 112 Å². The van der Waals surface area contributed by atoms with Crippen LogP contribution in [0.25, 0.3) is 0 Å². The van der Waals surface area contributed by atoms with Crippen LogP contribution < -0.4 is 10.5 Å². The third-order valence-electron chi connectivity index (χ3n) is 2.70. The van der Waals surface area contributed by atoms with Crippen LogP contribution >= 0.6 is 11.6 Å². The molecule has 1 aromatic rings. The van der Waals surface area contributed by atoms with Crippen LogP contribution in [-0.2, 0) is 15.1 Å². The minimum Gasteiger partial charge on any atom is -0.496 e. The van der Waals surface area contributed by atoms with E-state index in [1.165, 1.54) is 7.11 Å². The lowest BCUT2D eigenvalue weighted by atomic mass is 9.91. The predicted octanol–water partition coefficient (Wildman–Crippen LogP) is 2.39. The number of hydrogen-bond donors (Lipinski definition) is 1. The van der Waals surface area contributed by atoms with Gasteiger partial charge in [0.15, 0.2) is 0 Å². The molecule has 0 saturated heterocycles. The van der Waals surface area contributed by atoms with Crippen LogP contribution in [0.2, 0.25) is 5.02 Å². The third kappa shape index (κ3) is 2.76. The molecule has 0 spiro atoms. The second-order valence-corrected chi connectivity index (χ2v) is 4.66. The molecular weight excluding hydrogens is 254 g/mol. The first-order chi connectivity index (χ1) is 8.34. The summed E-state index contributed by atoms with van der Waals surface area (Å²) in [5, 5.41) is 0.504. The van der Waals surface area contributed by atoms with Crippen molar-refractivity contribution in [2.75, 3.05) is 13.7 Å². The molecule has 0 amide bonds. The number of ether oxygens (including phenoxy) is 2. The minimum atomic E-state index is -1.29. The van der Waals surface area contributed by atoms with E-state index >= 15 is 0 Å². The first-order valence-corrected chi connectivity index (χ1v) is 6.03. The topological polar surface area (TPSA) is 61.5 Å². The number of carbonyl (C=O) groups is 1. The molecule has 0 aliphatic heterocycles. The normalized spacial score (nSPS) is 13.9. The molecule has 5 heteroatoms. The summed E-state index contributed by atoms with van der Waals surface area (Å²) in [6, 6.07) is 3.38. The van der Waals surface area contributed by atoms with Gasteiger partial charge < -0.3 is 15.2 Å². The van der Waals surface area contributed by atoms with Crippen LogP contribution in [0.1, 0.15) is 25.0 Å². The van der Waals surface area contributed by atoms with Crippen molar-refractivity contribution in [2.24, 2.45) is 5.73 Å². The monoisotopic (exact) mass is 271 g/mol. The Kier molecular flexibility index (Phi) is 4.59. The van der Waals surface area contributed by atoms with Gasteiger partial charge in [0.05, 0.1) is 13.7 Å². The van der Waals surface area contributed by atoms with Gasteiger partial charge in [0.1, 0.15) is 11.3 Å². The quantitative estimate of drug-likeness (QED) is 0.854. The summed E-state index contributed by atoms with van der Waals surface area (Å²) in [7, 11) is 1.53. The van der Waals surface area contributed by atoms with Crippen LogP contribution in [0.3, 0.4) is 0 Å². The molecule has 0 aromatic heterocycles. The summed E-state index contributed by atoms with van der Waals surface area (Å²) in [5.74, 6) is 0.0439. The van der Waals surface area contributed by atoms with Crippen molar-refractivity contribution < 1.29 is 14.3 Å². The Balaban J connectivity index is 3.34. The van der Waals surface area contributed by atoms with Gasteiger partial charge in [-0.05, 0) is 38.5 Å². The molecule has 1 aromatic carbocycles. The van der Waals surface area contributed by atoms with Crippen LogP contribution in [0.5, 0.6) is 5.75 Å². The second kappa shape index (κ2) is 5.59.